The number of aliphatic imine (C=N–C) groups is 1. The monoisotopic (exact) mass is 339 g/mol. The molecule has 2 N–H and O–H groups in total. The average Bonchev–Trinajstić information content (AvgIpc) is 2.56. The van der Waals surface area contributed by atoms with E-state index in [2.05, 4.69) is 20.4 Å². The Labute approximate surface area is 143 Å². The third kappa shape index (κ3) is 9.08. The zero-order valence-corrected chi connectivity index (χ0v) is 14.7. The summed E-state index contributed by atoms with van der Waals surface area (Å²) >= 11 is 5.87. The number of halogens is 1. The van der Waals surface area contributed by atoms with Gasteiger partial charge >= 0.3 is 5.97 Å². The van der Waals surface area contributed by atoms with Crippen molar-refractivity contribution in [3.8, 4) is 0 Å². The fourth-order valence-corrected chi connectivity index (χ4v) is 2.11. The molecule has 0 fully saturated rings. The van der Waals surface area contributed by atoms with Gasteiger partial charge in [-0.1, -0.05) is 30.2 Å². The van der Waals surface area contributed by atoms with Gasteiger partial charge < -0.3 is 15.4 Å². The quantitative estimate of drug-likeness (QED) is 0.314. The van der Waals surface area contributed by atoms with Gasteiger partial charge in [-0.05, 0) is 37.5 Å². The predicted molar refractivity (Wildman–Crippen MR) is 94.8 cm³/mol. The Morgan fingerprint density at radius 2 is 1.91 bits per heavy atom. The number of nitrogens with zero attached hydrogens (tertiary/aromatic N) is 1. The molecule has 0 heterocycles. The molecule has 0 aliphatic carbocycles. The van der Waals surface area contributed by atoms with E-state index in [0.29, 0.717) is 13.0 Å². The lowest BCUT2D eigenvalue weighted by Gasteiger charge is -2.11. The van der Waals surface area contributed by atoms with Crippen molar-refractivity contribution in [2.24, 2.45) is 4.99 Å². The highest BCUT2D eigenvalue weighted by molar-refractivity contribution is 6.30. The topological polar surface area (TPSA) is 62.7 Å². The van der Waals surface area contributed by atoms with E-state index in [1.807, 2.05) is 31.2 Å². The molecule has 0 aliphatic rings. The maximum absolute atomic E-state index is 11.0. The molecule has 0 saturated heterocycles. The Balaban J connectivity index is 2.29. The summed E-state index contributed by atoms with van der Waals surface area (Å²) < 4.78 is 4.62. The minimum atomic E-state index is -0.143. The number of ether oxygens (including phenoxy) is 1. The smallest absolute Gasteiger partial charge is 0.305 e. The Hall–Kier alpha value is -1.75. The van der Waals surface area contributed by atoms with Crippen molar-refractivity contribution in [3.05, 3.63) is 34.9 Å². The number of hydrogen-bond donors (Lipinski definition) is 2. The van der Waals surface area contributed by atoms with Crippen LogP contribution in [0.15, 0.2) is 29.3 Å². The van der Waals surface area contributed by atoms with Crippen molar-refractivity contribution in [3.63, 3.8) is 0 Å². The number of hydrogen-bond acceptors (Lipinski definition) is 3. The van der Waals surface area contributed by atoms with E-state index < -0.39 is 0 Å². The molecule has 6 heteroatoms. The summed E-state index contributed by atoms with van der Waals surface area (Å²) in [5, 5.41) is 7.25. The summed E-state index contributed by atoms with van der Waals surface area (Å²) in [6, 6.07) is 7.69. The number of methoxy groups -OCH3 is 1. The highest BCUT2D eigenvalue weighted by atomic mass is 35.5. The molecule has 23 heavy (non-hydrogen) atoms. The maximum atomic E-state index is 11.0. The average molecular weight is 340 g/mol. The summed E-state index contributed by atoms with van der Waals surface area (Å²) in [4.78, 5) is 15.6. The first-order valence-corrected chi connectivity index (χ1v) is 8.37. The van der Waals surface area contributed by atoms with Crippen LogP contribution in [0, 0.1) is 0 Å². The maximum Gasteiger partial charge on any atom is 0.305 e. The van der Waals surface area contributed by atoms with Crippen molar-refractivity contribution >= 4 is 23.5 Å². The SMILES string of the molecule is CCNC(=NCc1ccc(Cl)cc1)NCCCCCC(=O)OC. The van der Waals surface area contributed by atoms with Gasteiger partial charge in [-0.3, -0.25) is 4.79 Å². The summed E-state index contributed by atoms with van der Waals surface area (Å²) in [5.74, 6) is 0.659. The lowest BCUT2D eigenvalue weighted by Crippen LogP contribution is -2.37. The van der Waals surface area contributed by atoms with Crippen LogP contribution in [0.4, 0.5) is 0 Å². The van der Waals surface area contributed by atoms with Crippen molar-refractivity contribution in [2.45, 2.75) is 39.2 Å². The van der Waals surface area contributed by atoms with E-state index in [4.69, 9.17) is 11.6 Å². The van der Waals surface area contributed by atoms with E-state index >= 15 is 0 Å². The van der Waals surface area contributed by atoms with Crippen LogP contribution in [0.5, 0.6) is 0 Å². The number of rotatable bonds is 9. The van der Waals surface area contributed by atoms with Crippen LogP contribution in [-0.4, -0.2) is 32.1 Å². The first kappa shape index (κ1) is 19.3. The normalized spacial score (nSPS) is 11.2. The van der Waals surface area contributed by atoms with E-state index in [-0.39, 0.29) is 5.97 Å². The molecule has 0 atom stereocenters. The molecule has 0 spiro atoms. The zero-order valence-electron chi connectivity index (χ0n) is 13.9. The number of benzene rings is 1. The number of carbonyl (C=O) groups is 1. The van der Waals surface area contributed by atoms with Crippen LogP contribution in [0.2, 0.25) is 5.02 Å². The van der Waals surface area contributed by atoms with Crippen LogP contribution in [0.25, 0.3) is 0 Å². The highest BCUT2D eigenvalue weighted by Gasteiger charge is 2.00. The summed E-state index contributed by atoms with van der Waals surface area (Å²) in [5.41, 5.74) is 1.12. The molecule has 0 aliphatic heterocycles. The van der Waals surface area contributed by atoms with E-state index in [0.717, 1.165) is 48.9 Å². The molecule has 1 rings (SSSR count). The highest BCUT2D eigenvalue weighted by Crippen LogP contribution is 2.10. The number of esters is 1. The van der Waals surface area contributed by atoms with Gasteiger partial charge in [-0.2, -0.15) is 0 Å². The molecule has 128 valence electrons. The van der Waals surface area contributed by atoms with Gasteiger partial charge in [0.25, 0.3) is 0 Å². The zero-order chi connectivity index (χ0) is 16.9. The summed E-state index contributed by atoms with van der Waals surface area (Å²) in [6.45, 7) is 4.28. The van der Waals surface area contributed by atoms with Gasteiger partial charge in [-0.25, -0.2) is 4.99 Å². The van der Waals surface area contributed by atoms with Gasteiger partial charge in [0.2, 0.25) is 0 Å². The Kier molecular flexibility index (Phi) is 9.87. The van der Waals surface area contributed by atoms with Crippen LogP contribution < -0.4 is 10.6 Å². The minimum Gasteiger partial charge on any atom is -0.469 e. The number of guanidine groups is 1. The molecule has 1 aromatic rings. The van der Waals surface area contributed by atoms with E-state index in [1.165, 1.54) is 7.11 Å². The van der Waals surface area contributed by atoms with Crippen LogP contribution >= 0.6 is 11.6 Å². The third-order valence-corrected chi connectivity index (χ3v) is 3.51. The standard InChI is InChI=1S/C17H26ClN3O2/c1-3-19-17(20-12-6-4-5-7-16(22)23-2)21-13-14-8-10-15(18)11-9-14/h8-11H,3-7,12-13H2,1-2H3,(H2,19,20,21). The Bertz CT molecular complexity index is 489. The van der Waals surface area contributed by atoms with Gasteiger partial charge in [0.15, 0.2) is 5.96 Å². The van der Waals surface area contributed by atoms with E-state index in [9.17, 15) is 4.79 Å². The van der Waals surface area contributed by atoms with Gasteiger partial charge in [0.1, 0.15) is 0 Å². The fraction of sp³-hybridized carbons (Fsp3) is 0.529. The third-order valence-electron chi connectivity index (χ3n) is 3.26. The molecule has 1 aromatic carbocycles. The molecule has 0 unspecified atom stereocenters. The molecule has 0 aromatic heterocycles. The van der Waals surface area contributed by atoms with Crippen molar-refractivity contribution in [2.75, 3.05) is 20.2 Å². The van der Waals surface area contributed by atoms with Crippen molar-refractivity contribution in [1.29, 1.82) is 0 Å². The Morgan fingerprint density at radius 1 is 1.17 bits per heavy atom. The van der Waals surface area contributed by atoms with Crippen LogP contribution in [-0.2, 0) is 16.1 Å². The number of carbonyl (C=O) groups excluding carboxylic acids is 1. The summed E-state index contributed by atoms with van der Waals surface area (Å²) in [6.07, 6.45) is 3.31. The van der Waals surface area contributed by atoms with Crippen LogP contribution in [0.3, 0.4) is 0 Å². The second kappa shape index (κ2) is 11.8. The predicted octanol–water partition coefficient (Wildman–Crippen LogP) is 3.13. The molecular formula is C17H26ClN3O2. The molecule has 5 nitrogen and oxygen atoms in total. The molecule has 0 saturated carbocycles. The molecule has 0 radical (unpaired) electrons. The van der Waals surface area contributed by atoms with Crippen molar-refractivity contribution < 1.29 is 9.53 Å². The fourth-order valence-electron chi connectivity index (χ4n) is 1.98. The van der Waals surface area contributed by atoms with Gasteiger partial charge in [-0.15, -0.1) is 0 Å². The molecule has 0 bridgehead atoms. The first-order chi connectivity index (χ1) is 11.2. The minimum absolute atomic E-state index is 0.143. The van der Waals surface area contributed by atoms with Gasteiger partial charge in [0.05, 0.1) is 13.7 Å². The first-order valence-electron chi connectivity index (χ1n) is 7.99. The largest absolute Gasteiger partial charge is 0.469 e. The second-order valence-electron chi connectivity index (χ2n) is 5.14. The Morgan fingerprint density at radius 3 is 2.57 bits per heavy atom. The van der Waals surface area contributed by atoms with Crippen molar-refractivity contribution in [1.82, 2.24) is 10.6 Å². The number of nitrogens with one attached hydrogen (secondary N) is 2. The molecular weight excluding hydrogens is 314 g/mol. The van der Waals surface area contributed by atoms with E-state index in [1.54, 1.807) is 0 Å². The molecule has 0 amide bonds. The van der Waals surface area contributed by atoms with Gasteiger partial charge in [0, 0.05) is 24.5 Å². The summed E-state index contributed by atoms with van der Waals surface area (Å²) in [7, 11) is 1.42. The second-order valence-corrected chi connectivity index (χ2v) is 5.57. The van der Waals surface area contributed by atoms with Crippen LogP contribution in [0.1, 0.15) is 38.2 Å². The number of unbranched alkanes of at least 4 members (excludes halogenated alkanes) is 2. The lowest BCUT2D eigenvalue weighted by atomic mass is 10.2. The lowest BCUT2D eigenvalue weighted by molar-refractivity contribution is -0.140.